The Kier molecular flexibility index (Phi) is 5.42. The molecule has 0 atom stereocenters. The molecule has 0 rings (SSSR count). The highest BCUT2D eigenvalue weighted by molar-refractivity contribution is 5.81. The second kappa shape index (κ2) is 5.88. The Hall–Kier alpha value is -0.870. The minimum atomic E-state index is -1.59. The molecule has 0 saturated heterocycles. The van der Waals surface area contributed by atoms with Crippen LogP contribution in [0, 0.1) is 0 Å². The molecule has 4 nitrogen and oxygen atoms in total. The molecular weight excluding hydrogens is 148 g/mol. The summed E-state index contributed by atoms with van der Waals surface area (Å²) in [5, 5.41) is 16.6. The lowest BCUT2D eigenvalue weighted by molar-refractivity contribution is -0.137. The van der Waals surface area contributed by atoms with Gasteiger partial charge in [0.2, 0.25) is 0 Å². The Morgan fingerprint density at radius 3 is 2.73 bits per heavy atom. The van der Waals surface area contributed by atoms with Crippen LogP contribution in [0.1, 0.15) is 13.3 Å². The Morgan fingerprint density at radius 1 is 1.64 bits per heavy atom. The SMILES string of the molecule is CCCOC(=O)/C=C\C(O)O. The number of carbonyl (C=O) groups is 1. The molecule has 0 aromatic carbocycles. The second-order valence-corrected chi connectivity index (χ2v) is 1.94. The van der Waals surface area contributed by atoms with E-state index in [1.165, 1.54) is 0 Å². The second-order valence-electron chi connectivity index (χ2n) is 1.94. The first-order valence-corrected chi connectivity index (χ1v) is 3.38. The summed E-state index contributed by atoms with van der Waals surface area (Å²) in [5.74, 6) is -0.556. The van der Waals surface area contributed by atoms with Crippen LogP contribution in [0.3, 0.4) is 0 Å². The van der Waals surface area contributed by atoms with Crippen LogP contribution in [0.2, 0.25) is 0 Å². The number of rotatable bonds is 4. The van der Waals surface area contributed by atoms with Gasteiger partial charge in [-0.05, 0) is 12.5 Å². The molecule has 11 heavy (non-hydrogen) atoms. The van der Waals surface area contributed by atoms with Gasteiger partial charge in [-0.25, -0.2) is 4.79 Å². The maximum atomic E-state index is 10.6. The number of esters is 1. The molecule has 64 valence electrons. The number of carbonyl (C=O) groups excluding carboxylic acids is 1. The van der Waals surface area contributed by atoms with Gasteiger partial charge in [0, 0.05) is 6.08 Å². The van der Waals surface area contributed by atoms with Crippen LogP contribution < -0.4 is 0 Å². The van der Waals surface area contributed by atoms with E-state index in [4.69, 9.17) is 10.2 Å². The average Bonchev–Trinajstić information content (AvgIpc) is 1.97. The van der Waals surface area contributed by atoms with E-state index in [0.29, 0.717) is 6.61 Å². The van der Waals surface area contributed by atoms with Crippen LogP contribution in [0.5, 0.6) is 0 Å². The van der Waals surface area contributed by atoms with Crippen molar-refractivity contribution in [3.8, 4) is 0 Å². The highest BCUT2D eigenvalue weighted by atomic mass is 16.5. The molecule has 0 heterocycles. The number of aliphatic hydroxyl groups is 2. The van der Waals surface area contributed by atoms with Crippen LogP contribution in [-0.2, 0) is 9.53 Å². The summed E-state index contributed by atoms with van der Waals surface area (Å²) >= 11 is 0. The van der Waals surface area contributed by atoms with E-state index in [0.717, 1.165) is 18.6 Å². The highest BCUT2D eigenvalue weighted by Gasteiger charge is 1.95. The molecule has 2 N–H and O–H groups in total. The van der Waals surface area contributed by atoms with Crippen LogP contribution in [0.15, 0.2) is 12.2 Å². The molecule has 0 amide bonds. The van der Waals surface area contributed by atoms with E-state index in [1.54, 1.807) is 0 Å². The highest BCUT2D eigenvalue weighted by Crippen LogP contribution is 1.86. The van der Waals surface area contributed by atoms with E-state index >= 15 is 0 Å². The van der Waals surface area contributed by atoms with Crippen LogP contribution in [0.4, 0.5) is 0 Å². The summed E-state index contributed by atoms with van der Waals surface area (Å²) in [6.07, 6.45) is 1.09. The van der Waals surface area contributed by atoms with Gasteiger partial charge < -0.3 is 14.9 Å². The third-order valence-electron chi connectivity index (χ3n) is 0.853. The third-order valence-corrected chi connectivity index (χ3v) is 0.853. The molecule has 0 saturated carbocycles. The lowest BCUT2D eigenvalue weighted by atomic mass is 10.5. The summed E-state index contributed by atoms with van der Waals surface area (Å²) in [5.41, 5.74) is 0. The largest absolute Gasteiger partial charge is 0.463 e. The van der Waals surface area contributed by atoms with E-state index in [2.05, 4.69) is 4.74 Å². The van der Waals surface area contributed by atoms with E-state index < -0.39 is 12.3 Å². The molecule has 0 aromatic heterocycles. The maximum Gasteiger partial charge on any atom is 0.330 e. The topological polar surface area (TPSA) is 66.8 Å². The Morgan fingerprint density at radius 2 is 2.27 bits per heavy atom. The minimum absolute atomic E-state index is 0.352. The standard InChI is InChI=1S/C7H12O4/c1-2-5-11-7(10)4-3-6(8)9/h3-4,6,8-9H,2,5H2,1H3/b4-3-. The molecule has 0 spiro atoms. The molecular formula is C7H12O4. The number of hydrogen-bond donors (Lipinski definition) is 2. The van der Waals surface area contributed by atoms with Gasteiger partial charge in [0.25, 0.3) is 0 Å². The average molecular weight is 160 g/mol. The van der Waals surface area contributed by atoms with Crippen molar-refractivity contribution in [2.24, 2.45) is 0 Å². The first kappa shape index (κ1) is 10.1. The molecule has 0 fully saturated rings. The van der Waals surface area contributed by atoms with Crippen LogP contribution in [-0.4, -0.2) is 29.1 Å². The molecule has 0 unspecified atom stereocenters. The number of ether oxygens (including phenoxy) is 1. The van der Waals surface area contributed by atoms with Gasteiger partial charge in [0.05, 0.1) is 6.61 Å². The first-order chi connectivity index (χ1) is 5.16. The van der Waals surface area contributed by atoms with Crippen molar-refractivity contribution in [3.05, 3.63) is 12.2 Å². The third kappa shape index (κ3) is 7.02. The van der Waals surface area contributed by atoms with E-state index in [1.807, 2.05) is 6.92 Å². The van der Waals surface area contributed by atoms with Crippen molar-refractivity contribution in [3.63, 3.8) is 0 Å². The smallest absolute Gasteiger partial charge is 0.330 e. The summed E-state index contributed by atoms with van der Waals surface area (Å²) in [6.45, 7) is 2.22. The van der Waals surface area contributed by atoms with Crippen LogP contribution >= 0.6 is 0 Å². The maximum absolute atomic E-state index is 10.6. The van der Waals surface area contributed by atoms with E-state index in [-0.39, 0.29) is 0 Å². The van der Waals surface area contributed by atoms with Crippen molar-refractivity contribution < 1.29 is 19.7 Å². The van der Waals surface area contributed by atoms with Gasteiger partial charge in [-0.3, -0.25) is 0 Å². The van der Waals surface area contributed by atoms with Gasteiger partial charge in [-0.15, -0.1) is 0 Å². The fourth-order valence-corrected chi connectivity index (χ4v) is 0.415. The predicted molar refractivity (Wildman–Crippen MR) is 38.6 cm³/mol. The minimum Gasteiger partial charge on any atom is -0.463 e. The Bertz CT molecular complexity index is 139. The van der Waals surface area contributed by atoms with Gasteiger partial charge in [0.1, 0.15) is 0 Å². The fourth-order valence-electron chi connectivity index (χ4n) is 0.415. The summed E-state index contributed by atoms with van der Waals surface area (Å²) < 4.78 is 4.59. The molecule has 0 radical (unpaired) electrons. The Balaban J connectivity index is 3.51. The molecule has 0 aliphatic heterocycles. The lowest BCUT2D eigenvalue weighted by Crippen LogP contribution is -2.04. The normalized spacial score (nSPS) is 10.9. The van der Waals surface area contributed by atoms with Crippen molar-refractivity contribution in [1.82, 2.24) is 0 Å². The van der Waals surface area contributed by atoms with Crippen molar-refractivity contribution in [2.75, 3.05) is 6.61 Å². The number of aliphatic hydroxyl groups excluding tert-OH is 1. The van der Waals surface area contributed by atoms with Gasteiger partial charge in [-0.1, -0.05) is 6.92 Å². The number of hydrogen-bond acceptors (Lipinski definition) is 4. The predicted octanol–water partition coefficient (Wildman–Crippen LogP) is -0.194. The van der Waals surface area contributed by atoms with Gasteiger partial charge >= 0.3 is 5.97 Å². The zero-order valence-electron chi connectivity index (χ0n) is 6.36. The first-order valence-electron chi connectivity index (χ1n) is 3.38. The zero-order chi connectivity index (χ0) is 8.69. The van der Waals surface area contributed by atoms with E-state index in [9.17, 15) is 4.79 Å². The van der Waals surface area contributed by atoms with Crippen molar-refractivity contribution >= 4 is 5.97 Å². The van der Waals surface area contributed by atoms with Crippen molar-refractivity contribution in [2.45, 2.75) is 19.6 Å². The molecule has 0 aromatic rings. The monoisotopic (exact) mass is 160 g/mol. The summed E-state index contributed by atoms with van der Waals surface area (Å²) in [4.78, 5) is 10.6. The quantitative estimate of drug-likeness (QED) is 0.340. The molecule has 4 heteroatoms. The van der Waals surface area contributed by atoms with Gasteiger partial charge in [-0.2, -0.15) is 0 Å². The molecule has 0 bridgehead atoms. The fraction of sp³-hybridized carbons (Fsp3) is 0.571. The molecule has 0 aliphatic rings. The summed E-state index contributed by atoms with van der Waals surface area (Å²) in [6, 6.07) is 0. The van der Waals surface area contributed by atoms with Gasteiger partial charge in [0.15, 0.2) is 6.29 Å². The molecule has 0 aliphatic carbocycles. The zero-order valence-corrected chi connectivity index (χ0v) is 6.36. The summed E-state index contributed by atoms with van der Waals surface area (Å²) in [7, 11) is 0. The lowest BCUT2D eigenvalue weighted by Gasteiger charge is -1.97. The Labute approximate surface area is 65.1 Å². The van der Waals surface area contributed by atoms with Crippen molar-refractivity contribution in [1.29, 1.82) is 0 Å². The van der Waals surface area contributed by atoms with Crippen LogP contribution in [0.25, 0.3) is 0 Å².